The van der Waals surface area contributed by atoms with Crippen molar-refractivity contribution in [2.75, 3.05) is 47.5 Å². The predicted octanol–water partition coefficient (Wildman–Crippen LogP) is 17.5. The molecule has 0 saturated carbocycles. The molecule has 0 bridgehead atoms. The van der Waals surface area contributed by atoms with Crippen LogP contribution in [-0.2, 0) is 33.3 Å². The number of unbranched alkanes of at least 4 members (excludes halogenated alkanes) is 16. The van der Waals surface area contributed by atoms with E-state index in [9.17, 15) is 19.5 Å². The smallest absolute Gasteiger partial charge is 0.306 e. The third-order valence-electron chi connectivity index (χ3n) is 12.6. The van der Waals surface area contributed by atoms with Crippen molar-refractivity contribution in [1.82, 2.24) is 0 Å². The highest BCUT2D eigenvalue weighted by Crippen LogP contribution is 2.13. The van der Waals surface area contributed by atoms with Gasteiger partial charge in [-0.25, -0.2) is 0 Å². The number of carboxylic acid groups (broad SMARTS) is 1. The quantitative estimate of drug-likeness (QED) is 0.0195. The minimum absolute atomic E-state index is 0.135. The van der Waals surface area contributed by atoms with Gasteiger partial charge in [0.15, 0.2) is 12.4 Å². The topological polar surface area (TPSA) is 111 Å². The highest BCUT2D eigenvalue weighted by Gasteiger charge is 2.22. The van der Waals surface area contributed by atoms with Gasteiger partial charge in [0.05, 0.1) is 40.3 Å². The minimum Gasteiger partial charge on any atom is -0.545 e. The molecule has 0 N–H and O–H groups in total. The zero-order chi connectivity index (χ0) is 57.6. The van der Waals surface area contributed by atoms with E-state index in [1.54, 1.807) is 0 Å². The zero-order valence-electron chi connectivity index (χ0n) is 50.7. The maximum atomic E-state index is 12.9. The summed E-state index contributed by atoms with van der Waals surface area (Å²) in [4.78, 5) is 37.3. The first-order chi connectivity index (χ1) is 38.6. The molecule has 0 aliphatic heterocycles. The number of nitrogens with zero attached hydrogens (tertiary/aromatic N) is 1. The van der Waals surface area contributed by atoms with Gasteiger partial charge in [-0.15, -0.1) is 0 Å². The van der Waals surface area contributed by atoms with Crippen LogP contribution in [0.2, 0.25) is 0 Å². The van der Waals surface area contributed by atoms with E-state index in [2.05, 4.69) is 160 Å². The van der Waals surface area contributed by atoms with Crippen LogP contribution in [0.5, 0.6) is 0 Å². The molecule has 0 rings (SSSR count). The second-order valence-corrected chi connectivity index (χ2v) is 21.3. The standard InChI is InChI=1S/C70H113NO8/c1-6-8-10-12-14-16-18-20-22-23-24-25-26-27-28-29-30-31-32-33-34-35-36-37-38-39-40-41-42-43-44-45-47-49-51-53-55-57-59-61-68(73)79-66(65-78-70(69(74)75)76-63-62-71(3,4)5)64-77-67(72)60-58-56-54-52-50-48-46-21-19-17-15-13-11-9-7-2/h8,10,14,16,20-22,24-25,27-28,30-31,33-34,36-37,39-40,42-43,45-47,66,70H,6-7,9,11-13,15,17-19,23,26,29,32,35,38,41,44,48-65H2,1-5H3/b10-8-,16-14-,22-20-,25-24-,28-27-,31-30-,34-33-,37-36-,40-39-,43-42-,46-21-,47-45-. The van der Waals surface area contributed by atoms with E-state index in [0.717, 1.165) is 141 Å². The summed E-state index contributed by atoms with van der Waals surface area (Å²) in [7, 11) is 5.90. The van der Waals surface area contributed by atoms with Gasteiger partial charge < -0.3 is 33.3 Å². The molecule has 0 spiro atoms. The first-order valence-corrected chi connectivity index (χ1v) is 31.0. The number of quaternary nitrogens is 1. The number of allylic oxidation sites excluding steroid dienone is 24. The number of esters is 2. The lowest BCUT2D eigenvalue weighted by Gasteiger charge is -2.26. The molecule has 9 nitrogen and oxygen atoms in total. The molecule has 0 aromatic rings. The lowest BCUT2D eigenvalue weighted by Crippen LogP contribution is -2.44. The van der Waals surface area contributed by atoms with E-state index in [0.29, 0.717) is 17.4 Å². The Morgan fingerprint density at radius 3 is 1.09 bits per heavy atom. The largest absolute Gasteiger partial charge is 0.545 e. The highest BCUT2D eigenvalue weighted by molar-refractivity contribution is 5.70. The van der Waals surface area contributed by atoms with Crippen molar-refractivity contribution in [3.8, 4) is 0 Å². The average molecular weight is 1100 g/mol. The number of likely N-dealkylation sites (N-methyl/N-ethyl adjacent to an activating group) is 1. The number of rotatable bonds is 55. The van der Waals surface area contributed by atoms with Crippen molar-refractivity contribution in [2.45, 2.75) is 232 Å². The van der Waals surface area contributed by atoms with Crippen molar-refractivity contribution in [2.24, 2.45) is 0 Å². The fourth-order valence-corrected chi connectivity index (χ4v) is 7.83. The van der Waals surface area contributed by atoms with Crippen LogP contribution in [0.4, 0.5) is 0 Å². The van der Waals surface area contributed by atoms with Gasteiger partial charge in [-0.2, -0.15) is 0 Å². The molecule has 0 aromatic heterocycles. The van der Waals surface area contributed by atoms with Gasteiger partial charge in [-0.3, -0.25) is 9.59 Å². The zero-order valence-corrected chi connectivity index (χ0v) is 50.7. The van der Waals surface area contributed by atoms with Crippen LogP contribution in [0.1, 0.15) is 219 Å². The van der Waals surface area contributed by atoms with Gasteiger partial charge in [0.25, 0.3) is 0 Å². The van der Waals surface area contributed by atoms with Crippen LogP contribution in [0, 0.1) is 0 Å². The fraction of sp³-hybridized carbons (Fsp3) is 0.614. The molecule has 446 valence electrons. The minimum atomic E-state index is -1.64. The molecule has 0 heterocycles. The van der Waals surface area contributed by atoms with Gasteiger partial charge >= 0.3 is 11.9 Å². The molecule has 0 aliphatic carbocycles. The first-order valence-electron chi connectivity index (χ1n) is 31.0. The molecule has 0 amide bonds. The van der Waals surface area contributed by atoms with E-state index in [4.69, 9.17) is 18.9 Å². The summed E-state index contributed by atoms with van der Waals surface area (Å²) in [5.74, 6) is -2.34. The molecule has 9 heteroatoms. The maximum absolute atomic E-state index is 12.9. The Morgan fingerprint density at radius 2 is 0.722 bits per heavy atom. The van der Waals surface area contributed by atoms with E-state index in [1.807, 2.05) is 21.1 Å². The van der Waals surface area contributed by atoms with Gasteiger partial charge in [0.1, 0.15) is 13.2 Å². The maximum Gasteiger partial charge on any atom is 0.306 e. The van der Waals surface area contributed by atoms with E-state index in [-0.39, 0.29) is 38.6 Å². The number of carboxylic acids is 1. The van der Waals surface area contributed by atoms with Crippen molar-refractivity contribution < 1.29 is 42.9 Å². The molecule has 2 unspecified atom stereocenters. The van der Waals surface area contributed by atoms with E-state index in [1.165, 1.54) is 44.9 Å². The molecule has 0 fully saturated rings. The second-order valence-electron chi connectivity index (χ2n) is 21.3. The van der Waals surface area contributed by atoms with Crippen LogP contribution in [-0.4, -0.2) is 82.3 Å². The van der Waals surface area contributed by atoms with Gasteiger partial charge in [0, 0.05) is 12.8 Å². The molecule has 0 aliphatic rings. The summed E-state index contributed by atoms with van der Waals surface area (Å²) < 4.78 is 22.6. The average Bonchev–Trinajstić information content (AvgIpc) is 3.42. The number of hydrogen-bond acceptors (Lipinski definition) is 8. The number of aliphatic carboxylic acids is 1. The molecule has 0 saturated heterocycles. The van der Waals surface area contributed by atoms with Crippen LogP contribution in [0.3, 0.4) is 0 Å². The Bertz CT molecular complexity index is 1800. The monoisotopic (exact) mass is 1100 g/mol. The van der Waals surface area contributed by atoms with Crippen molar-refractivity contribution in [3.05, 3.63) is 146 Å². The molecular formula is C70H113NO8. The van der Waals surface area contributed by atoms with Crippen molar-refractivity contribution >= 4 is 17.9 Å². The van der Waals surface area contributed by atoms with Gasteiger partial charge in [0.2, 0.25) is 0 Å². The molecule has 2 atom stereocenters. The fourth-order valence-electron chi connectivity index (χ4n) is 7.83. The summed E-state index contributed by atoms with van der Waals surface area (Å²) in [5, 5.41) is 11.8. The summed E-state index contributed by atoms with van der Waals surface area (Å²) in [6, 6.07) is 0. The number of hydrogen-bond donors (Lipinski definition) is 0. The normalized spacial score (nSPS) is 13.8. The Hall–Kier alpha value is -4.83. The Balaban J connectivity index is 4.25. The third kappa shape index (κ3) is 60.7. The van der Waals surface area contributed by atoms with E-state index < -0.39 is 24.3 Å². The summed E-state index contributed by atoms with van der Waals surface area (Å²) in [6.45, 7) is 4.57. The van der Waals surface area contributed by atoms with Crippen LogP contribution in [0.25, 0.3) is 0 Å². The lowest BCUT2D eigenvalue weighted by molar-refractivity contribution is -0.870. The van der Waals surface area contributed by atoms with Crippen LogP contribution >= 0.6 is 0 Å². The summed E-state index contributed by atoms with van der Waals surface area (Å²) in [6.07, 6.45) is 83.4. The number of carbonyl (C=O) groups excluding carboxylic acids is 3. The molecule has 0 radical (unpaired) electrons. The lowest BCUT2D eigenvalue weighted by atomic mass is 10.1. The van der Waals surface area contributed by atoms with Crippen molar-refractivity contribution in [1.29, 1.82) is 0 Å². The summed E-state index contributed by atoms with van der Waals surface area (Å²) >= 11 is 0. The predicted molar refractivity (Wildman–Crippen MR) is 333 cm³/mol. The molecule has 79 heavy (non-hydrogen) atoms. The Labute approximate surface area is 483 Å². The summed E-state index contributed by atoms with van der Waals surface area (Å²) in [5.41, 5.74) is 0. The molecular weight excluding hydrogens is 983 g/mol. The van der Waals surface area contributed by atoms with Crippen LogP contribution < -0.4 is 5.11 Å². The van der Waals surface area contributed by atoms with E-state index >= 15 is 0 Å². The van der Waals surface area contributed by atoms with Gasteiger partial charge in [-0.05, 0) is 122 Å². The first kappa shape index (κ1) is 74.2. The number of carbonyl (C=O) groups is 3. The second kappa shape index (κ2) is 59.3. The van der Waals surface area contributed by atoms with Gasteiger partial charge in [-0.1, -0.05) is 230 Å². The number of ether oxygens (including phenoxy) is 4. The Kier molecular flexibility index (Phi) is 55.7. The van der Waals surface area contributed by atoms with Crippen LogP contribution in [0.15, 0.2) is 146 Å². The molecule has 0 aromatic carbocycles. The van der Waals surface area contributed by atoms with Crippen molar-refractivity contribution in [3.63, 3.8) is 0 Å². The Morgan fingerprint density at radius 1 is 0.392 bits per heavy atom. The third-order valence-corrected chi connectivity index (χ3v) is 12.6. The SMILES string of the molecule is CC/C=C\C/C=C\C/C=C\C/C=C\C/C=C\C/C=C\C/C=C\C/C=C\C/C=C\C/C=C\C/C=C\CCCCCCCC(=O)OC(COC(=O)CCCCCCC/C=C\CCCCCCCC)COC(OCC[N+](C)(C)C)C(=O)[O-]. The highest BCUT2D eigenvalue weighted by atomic mass is 16.7.